The highest BCUT2D eigenvalue weighted by Crippen LogP contribution is 2.27. The summed E-state index contributed by atoms with van der Waals surface area (Å²) in [6, 6.07) is 4.53. The monoisotopic (exact) mass is 257 g/mol. The van der Waals surface area contributed by atoms with Crippen LogP contribution in [0.5, 0.6) is 5.75 Å². The fraction of sp³-hybridized carbons (Fsp3) is 0.417. The van der Waals surface area contributed by atoms with Gasteiger partial charge in [-0.1, -0.05) is 18.5 Å². The van der Waals surface area contributed by atoms with Gasteiger partial charge in [0.05, 0.1) is 5.02 Å². The zero-order valence-corrected chi connectivity index (χ0v) is 10.8. The van der Waals surface area contributed by atoms with Gasteiger partial charge in [-0.15, -0.1) is 0 Å². The number of phenols is 1. The van der Waals surface area contributed by atoms with E-state index in [-0.39, 0.29) is 16.7 Å². The molecule has 1 aromatic carbocycles. The Morgan fingerprint density at radius 1 is 1.59 bits per heavy atom. The smallest absolute Gasteiger partial charge is 0.256 e. The lowest BCUT2D eigenvalue weighted by Gasteiger charge is -2.25. The van der Waals surface area contributed by atoms with Gasteiger partial charge in [-0.25, -0.2) is 0 Å². The number of nitrogens with one attached hydrogen (secondary N) is 1. The minimum Gasteiger partial charge on any atom is -0.506 e. The van der Waals surface area contributed by atoms with Crippen LogP contribution < -0.4 is 5.32 Å². The molecule has 94 valence electrons. The first kappa shape index (κ1) is 13.8. The maximum atomic E-state index is 11.9. The van der Waals surface area contributed by atoms with Crippen LogP contribution in [-0.4, -0.2) is 23.7 Å². The molecule has 1 amide bonds. The zero-order valence-electron chi connectivity index (χ0n) is 10.1. The van der Waals surface area contributed by atoms with Crippen molar-refractivity contribution in [2.45, 2.75) is 25.9 Å². The van der Waals surface area contributed by atoms with Gasteiger partial charge in [0.1, 0.15) is 11.4 Å². The molecule has 0 radical (unpaired) electrons. The van der Waals surface area contributed by atoms with E-state index in [1.807, 2.05) is 6.92 Å². The second kappa shape index (κ2) is 5.38. The number of amides is 1. The number of carbonyl (C=O) groups is 1. The van der Waals surface area contributed by atoms with Gasteiger partial charge in [-0.3, -0.25) is 4.79 Å². The topological polar surface area (TPSA) is 58.6 Å². The Hall–Kier alpha value is -1.26. The number of halogens is 1. The van der Waals surface area contributed by atoms with Crippen molar-refractivity contribution in [1.82, 2.24) is 0 Å². The maximum absolute atomic E-state index is 11.9. The third-order valence-corrected chi connectivity index (χ3v) is 3.13. The first-order chi connectivity index (χ1) is 7.92. The molecule has 5 heteroatoms. The van der Waals surface area contributed by atoms with Crippen LogP contribution in [0.25, 0.3) is 0 Å². The Balaban J connectivity index is 2.84. The second-order valence-corrected chi connectivity index (χ2v) is 4.32. The lowest BCUT2D eigenvalue weighted by atomic mass is 10.0. The van der Waals surface area contributed by atoms with Crippen LogP contribution in [0.1, 0.15) is 20.3 Å². The van der Waals surface area contributed by atoms with E-state index in [9.17, 15) is 9.90 Å². The first-order valence-corrected chi connectivity index (χ1v) is 5.66. The number of ether oxygens (including phenoxy) is 1. The Labute approximate surface area is 106 Å². The van der Waals surface area contributed by atoms with Crippen LogP contribution in [0.15, 0.2) is 18.2 Å². The third kappa shape index (κ3) is 3.11. The summed E-state index contributed by atoms with van der Waals surface area (Å²) in [6.45, 7) is 3.57. The second-order valence-electron chi connectivity index (χ2n) is 3.91. The van der Waals surface area contributed by atoms with Crippen LogP contribution in [0.4, 0.5) is 5.69 Å². The van der Waals surface area contributed by atoms with Crippen molar-refractivity contribution < 1.29 is 14.6 Å². The predicted molar refractivity (Wildman–Crippen MR) is 67.5 cm³/mol. The van der Waals surface area contributed by atoms with E-state index in [4.69, 9.17) is 16.3 Å². The van der Waals surface area contributed by atoms with Gasteiger partial charge in [-0.05, 0) is 25.5 Å². The zero-order chi connectivity index (χ0) is 13.1. The molecule has 2 N–H and O–H groups in total. The maximum Gasteiger partial charge on any atom is 0.256 e. The third-order valence-electron chi connectivity index (χ3n) is 2.81. The highest BCUT2D eigenvalue weighted by Gasteiger charge is 2.30. The SMILES string of the molecule is CCC(C)(OC)C(=O)Nc1ccc(Cl)c(O)c1. The standard InChI is InChI=1S/C12H16ClNO3/c1-4-12(2,17-3)11(16)14-8-5-6-9(13)10(15)7-8/h5-7,15H,4H2,1-3H3,(H,14,16). The molecule has 1 rings (SSSR count). The average molecular weight is 258 g/mol. The number of carbonyl (C=O) groups excluding carboxylic acids is 1. The number of hydrogen-bond donors (Lipinski definition) is 2. The molecule has 0 aliphatic carbocycles. The van der Waals surface area contributed by atoms with E-state index < -0.39 is 5.60 Å². The highest BCUT2D eigenvalue weighted by molar-refractivity contribution is 6.32. The Kier molecular flexibility index (Phi) is 4.37. The van der Waals surface area contributed by atoms with Gasteiger partial charge in [-0.2, -0.15) is 0 Å². The Morgan fingerprint density at radius 2 is 2.24 bits per heavy atom. The summed E-state index contributed by atoms with van der Waals surface area (Å²) < 4.78 is 5.17. The quantitative estimate of drug-likeness (QED) is 0.872. The molecule has 0 spiro atoms. The molecule has 0 aliphatic heterocycles. The Morgan fingerprint density at radius 3 is 2.71 bits per heavy atom. The van der Waals surface area contributed by atoms with E-state index in [0.29, 0.717) is 12.1 Å². The molecule has 17 heavy (non-hydrogen) atoms. The first-order valence-electron chi connectivity index (χ1n) is 5.28. The summed E-state index contributed by atoms with van der Waals surface area (Å²) >= 11 is 5.67. The van der Waals surface area contributed by atoms with Crippen LogP contribution in [0, 0.1) is 0 Å². The molecule has 0 bridgehead atoms. The van der Waals surface area contributed by atoms with Gasteiger partial charge < -0.3 is 15.2 Å². The molecule has 1 unspecified atom stereocenters. The molecular weight excluding hydrogens is 242 g/mol. The lowest BCUT2D eigenvalue weighted by molar-refractivity contribution is -0.136. The number of methoxy groups -OCH3 is 1. The molecule has 0 aliphatic rings. The van der Waals surface area contributed by atoms with E-state index in [2.05, 4.69) is 5.32 Å². The molecule has 0 heterocycles. The highest BCUT2D eigenvalue weighted by atomic mass is 35.5. The number of phenolic OH excluding ortho intramolecular Hbond substituents is 1. The van der Waals surface area contributed by atoms with Crippen molar-refractivity contribution in [3.63, 3.8) is 0 Å². The fourth-order valence-corrected chi connectivity index (χ4v) is 1.37. The fourth-order valence-electron chi connectivity index (χ4n) is 1.25. The van der Waals surface area contributed by atoms with Gasteiger partial charge in [0.15, 0.2) is 0 Å². The van der Waals surface area contributed by atoms with E-state index in [1.165, 1.54) is 19.2 Å². The summed E-state index contributed by atoms with van der Waals surface area (Å²) in [5.74, 6) is -0.329. The minimum atomic E-state index is -0.880. The minimum absolute atomic E-state index is 0.0694. The van der Waals surface area contributed by atoms with Crippen LogP contribution in [0.2, 0.25) is 5.02 Å². The lowest BCUT2D eigenvalue weighted by Crippen LogP contribution is -2.41. The summed E-state index contributed by atoms with van der Waals surface area (Å²) in [4.78, 5) is 11.9. The van der Waals surface area contributed by atoms with Crippen molar-refractivity contribution in [3.05, 3.63) is 23.2 Å². The molecule has 4 nitrogen and oxygen atoms in total. The summed E-state index contributed by atoms with van der Waals surface area (Å²) in [5, 5.41) is 12.3. The summed E-state index contributed by atoms with van der Waals surface area (Å²) in [5.41, 5.74) is -0.399. The van der Waals surface area contributed by atoms with Crippen molar-refractivity contribution in [2.24, 2.45) is 0 Å². The molecular formula is C12H16ClNO3. The number of hydrogen-bond acceptors (Lipinski definition) is 3. The van der Waals surface area contributed by atoms with Crippen LogP contribution in [0.3, 0.4) is 0 Å². The van der Waals surface area contributed by atoms with Crippen molar-refractivity contribution >= 4 is 23.2 Å². The summed E-state index contributed by atoms with van der Waals surface area (Å²) in [7, 11) is 1.49. The number of rotatable bonds is 4. The van der Waals surface area contributed by atoms with Crippen LogP contribution >= 0.6 is 11.6 Å². The van der Waals surface area contributed by atoms with Gasteiger partial charge >= 0.3 is 0 Å². The van der Waals surface area contributed by atoms with Gasteiger partial charge in [0.2, 0.25) is 0 Å². The normalized spacial score (nSPS) is 14.1. The number of benzene rings is 1. The molecule has 1 aromatic rings. The molecule has 0 aromatic heterocycles. The van der Waals surface area contributed by atoms with Gasteiger partial charge in [0, 0.05) is 18.9 Å². The van der Waals surface area contributed by atoms with E-state index >= 15 is 0 Å². The van der Waals surface area contributed by atoms with Crippen LogP contribution in [-0.2, 0) is 9.53 Å². The number of anilines is 1. The number of aromatic hydroxyl groups is 1. The molecule has 1 atom stereocenters. The average Bonchev–Trinajstić information content (AvgIpc) is 2.32. The van der Waals surface area contributed by atoms with E-state index in [1.54, 1.807) is 13.0 Å². The van der Waals surface area contributed by atoms with E-state index in [0.717, 1.165) is 0 Å². The summed E-state index contributed by atoms with van der Waals surface area (Å²) in [6.07, 6.45) is 0.551. The molecule has 0 saturated heterocycles. The van der Waals surface area contributed by atoms with Gasteiger partial charge in [0.25, 0.3) is 5.91 Å². The van der Waals surface area contributed by atoms with Crippen molar-refractivity contribution in [3.8, 4) is 5.75 Å². The molecule has 0 fully saturated rings. The predicted octanol–water partition coefficient (Wildman–Crippen LogP) is 2.80. The van der Waals surface area contributed by atoms with Crippen molar-refractivity contribution in [2.75, 3.05) is 12.4 Å². The molecule has 0 saturated carbocycles. The largest absolute Gasteiger partial charge is 0.506 e. The van der Waals surface area contributed by atoms with Crippen molar-refractivity contribution in [1.29, 1.82) is 0 Å². The Bertz CT molecular complexity index is 416.